The van der Waals surface area contributed by atoms with Crippen LogP contribution in [0.2, 0.25) is 5.02 Å². The van der Waals surface area contributed by atoms with E-state index in [1.807, 2.05) is 0 Å². The summed E-state index contributed by atoms with van der Waals surface area (Å²) in [5.41, 5.74) is 0.719. The lowest BCUT2D eigenvalue weighted by atomic mass is 10.2. The molecule has 0 spiro atoms. The number of hydrogen-bond acceptors (Lipinski definition) is 6. The Morgan fingerprint density at radius 3 is 2.72 bits per heavy atom. The number of thioether (sulfide) groups is 1. The maximum atomic E-state index is 13.2. The van der Waals surface area contributed by atoms with E-state index < -0.39 is 29.4 Å². The quantitative estimate of drug-likeness (QED) is 0.691. The summed E-state index contributed by atoms with van der Waals surface area (Å²) in [6.07, 6.45) is 1.43. The average Bonchev–Trinajstić information content (AvgIpc) is 2.92. The first-order valence-electron chi connectivity index (χ1n) is 8.15. The third kappa shape index (κ3) is 4.69. The van der Waals surface area contributed by atoms with Gasteiger partial charge >= 0.3 is 0 Å². The first-order chi connectivity index (χ1) is 13.8. The van der Waals surface area contributed by atoms with E-state index in [0.29, 0.717) is 17.3 Å². The van der Waals surface area contributed by atoms with Crippen LogP contribution in [0.25, 0.3) is 6.08 Å². The summed E-state index contributed by atoms with van der Waals surface area (Å²) in [5, 5.41) is 11.5. The summed E-state index contributed by atoms with van der Waals surface area (Å²) in [7, 11) is 1.41. The summed E-state index contributed by atoms with van der Waals surface area (Å²) in [4.78, 5) is 37.7. The van der Waals surface area contributed by atoms with Crippen LogP contribution >= 0.6 is 23.4 Å². The first-order valence-corrected chi connectivity index (χ1v) is 9.35. The van der Waals surface area contributed by atoms with Crippen molar-refractivity contribution >= 4 is 52.2 Å². The van der Waals surface area contributed by atoms with Crippen LogP contribution in [-0.2, 0) is 9.59 Å². The Bertz CT molecular complexity index is 1040. The van der Waals surface area contributed by atoms with Gasteiger partial charge in [0, 0.05) is 5.69 Å². The van der Waals surface area contributed by atoms with Gasteiger partial charge in [-0.15, -0.1) is 0 Å². The van der Waals surface area contributed by atoms with Crippen molar-refractivity contribution in [1.82, 2.24) is 4.90 Å². The average molecular weight is 437 g/mol. The molecule has 1 aliphatic heterocycles. The van der Waals surface area contributed by atoms with Crippen LogP contribution < -0.4 is 10.1 Å². The van der Waals surface area contributed by atoms with Gasteiger partial charge in [0.2, 0.25) is 5.91 Å². The number of benzene rings is 2. The van der Waals surface area contributed by atoms with Crippen molar-refractivity contribution in [1.29, 1.82) is 0 Å². The molecule has 0 aromatic heterocycles. The number of phenolic OH excluding ortho intramolecular Hbond substituents is 1. The molecule has 7 nitrogen and oxygen atoms in total. The van der Waals surface area contributed by atoms with Crippen molar-refractivity contribution < 1.29 is 28.6 Å². The SMILES string of the molecule is COc1ccc(/C=C2/SC(=O)N(CC(=O)Nc3ccc(F)c(Cl)c3)C2=O)cc1O. The van der Waals surface area contributed by atoms with E-state index in [1.165, 1.54) is 37.5 Å². The molecule has 0 atom stereocenters. The molecule has 3 amide bonds. The molecule has 0 unspecified atom stereocenters. The van der Waals surface area contributed by atoms with Crippen LogP contribution in [0.4, 0.5) is 14.9 Å². The molecule has 0 aliphatic carbocycles. The van der Waals surface area contributed by atoms with Gasteiger partial charge in [0.05, 0.1) is 17.0 Å². The van der Waals surface area contributed by atoms with E-state index in [4.69, 9.17) is 16.3 Å². The van der Waals surface area contributed by atoms with Crippen molar-refractivity contribution in [2.75, 3.05) is 19.0 Å². The number of carbonyl (C=O) groups is 3. The Balaban J connectivity index is 1.70. The van der Waals surface area contributed by atoms with E-state index in [1.54, 1.807) is 6.07 Å². The highest BCUT2D eigenvalue weighted by atomic mass is 35.5. The van der Waals surface area contributed by atoms with Gasteiger partial charge in [-0.25, -0.2) is 4.39 Å². The summed E-state index contributed by atoms with van der Waals surface area (Å²) in [6, 6.07) is 8.13. The second-order valence-electron chi connectivity index (χ2n) is 5.88. The van der Waals surface area contributed by atoms with Crippen LogP contribution in [0.5, 0.6) is 11.5 Å². The molecular formula is C19H14ClFN2O5S. The number of aromatic hydroxyl groups is 1. The predicted octanol–water partition coefficient (Wildman–Crippen LogP) is 3.87. The molecule has 150 valence electrons. The number of carbonyl (C=O) groups excluding carboxylic acids is 3. The van der Waals surface area contributed by atoms with Gasteiger partial charge in [-0.1, -0.05) is 17.7 Å². The Morgan fingerprint density at radius 2 is 2.07 bits per heavy atom. The number of imide groups is 1. The van der Waals surface area contributed by atoms with Crippen LogP contribution in [0.15, 0.2) is 41.3 Å². The van der Waals surface area contributed by atoms with Gasteiger partial charge in [0.1, 0.15) is 12.4 Å². The van der Waals surface area contributed by atoms with Crippen molar-refractivity contribution in [2.45, 2.75) is 0 Å². The first kappa shape index (κ1) is 20.7. The van der Waals surface area contributed by atoms with Crippen LogP contribution in [-0.4, -0.2) is 40.7 Å². The maximum Gasteiger partial charge on any atom is 0.294 e. The van der Waals surface area contributed by atoms with Crippen molar-refractivity contribution in [3.8, 4) is 11.5 Å². The van der Waals surface area contributed by atoms with Crippen molar-refractivity contribution in [2.24, 2.45) is 0 Å². The second-order valence-corrected chi connectivity index (χ2v) is 7.28. The number of ether oxygens (including phenoxy) is 1. The molecule has 2 aromatic carbocycles. The fraction of sp³-hybridized carbons (Fsp3) is 0.105. The minimum atomic E-state index is -0.640. The lowest BCUT2D eigenvalue weighted by Gasteiger charge is -2.12. The minimum Gasteiger partial charge on any atom is -0.504 e. The highest BCUT2D eigenvalue weighted by Gasteiger charge is 2.36. The molecule has 3 rings (SSSR count). The Morgan fingerprint density at radius 1 is 1.31 bits per heavy atom. The highest BCUT2D eigenvalue weighted by molar-refractivity contribution is 8.18. The third-order valence-electron chi connectivity index (χ3n) is 3.88. The number of methoxy groups -OCH3 is 1. The molecule has 29 heavy (non-hydrogen) atoms. The zero-order valence-corrected chi connectivity index (χ0v) is 16.5. The number of hydrogen-bond donors (Lipinski definition) is 2. The molecular weight excluding hydrogens is 423 g/mol. The van der Waals surface area contributed by atoms with Gasteiger partial charge in [0.25, 0.3) is 11.1 Å². The van der Waals surface area contributed by atoms with Crippen LogP contribution in [0.3, 0.4) is 0 Å². The third-order valence-corrected chi connectivity index (χ3v) is 5.08. The van der Waals surface area contributed by atoms with E-state index in [-0.39, 0.29) is 27.1 Å². The van der Waals surface area contributed by atoms with Gasteiger partial charge in [-0.2, -0.15) is 0 Å². The zero-order valence-electron chi connectivity index (χ0n) is 14.9. The fourth-order valence-electron chi connectivity index (χ4n) is 2.50. The van der Waals surface area contributed by atoms with E-state index >= 15 is 0 Å². The van der Waals surface area contributed by atoms with Gasteiger partial charge < -0.3 is 15.2 Å². The van der Waals surface area contributed by atoms with Crippen molar-refractivity contribution in [3.63, 3.8) is 0 Å². The van der Waals surface area contributed by atoms with Gasteiger partial charge in [0.15, 0.2) is 11.5 Å². The molecule has 0 saturated carbocycles. The maximum absolute atomic E-state index is 13.2. The number of nitrogens with zero attached hydrogens (tertiary/aromatic N) is 1. The molecule has 1 fully saturated rings. The normalized spacial score (nSPS) is 15.1. The summed E-state index contributed by atoms with van der Waals surface area (Å²) in [5.74, 6) is -1.75. The van der Waals surface area contributed by atoms with Crippen LogP contribution in [0.1, 0.15) is 5.56 Å². The van der Waals surface area contributed by atoms with E-state index in [0.717, 1.165) is 11.0 Å². The van der Waals surface area contributed by atoms with E-state index in [9.17, 15) is 23.9 Å². The number of halogens is 2. The minimum absolute atomic E-state index is 0.109. The topological polar surface area (TPSA) is 95.9 Å². The van der Waals surface area contributed by atoms with E-state index in [2.05, 4.69) is 5.32 Å². The Kier molecular flexibility index (Phi) is 6.09. The highest BCUT2D eigenvalue weighted by Crippen LogP contribution is 2.34. The smallest absolute Gasteiger partial charge is 0.294 e. The monoisotopic (exact) mass is 436 g/mol. The molecule has 0 bridgehead atoms. The number of phenols is 1. The largest absolute Gasteiger partial charge is 0.504 e. The zero-order chi connectivity index (χ0) is 21.1. The molecule has 1 saturated heterocycles. The standard InChI is InChI=1S/C19H14ClFN2O5S/c1-28-15-5-2-10(6-14(15)24)7-16-18(26)23(19(27)29-16)9-17(25)22-11-3-4-13(21)12(20)8-11/h2-8,24H,9H2,1H3,(H,22,25)/b16-7+. The predicted molar refractivity (Wildman–Crippen MR) is 107 cm³/mol. The number of nitrogens with one attached hydrogen (secondary N) is 1. The van der Waals surface area contributed by atoms with Crippen LogP contribution in [0, 0.1) is 5.82 Å². The molecule has 2 N–H and O–H groups in total. The number of amides is 3. The lowest BCUT2D eigenvalue weighted by molar-refractivity contribution is -0.127. The lowest BCUT2D eigenvalue weighted by Crippen LogP contribution is -2.36. The van der Waals surface area contributed by atoms with Gasteiger partial charge in [-0.05, 0) is 53.7 Å². The summed E-state index contributed by atoms with van der Waals surface area (Å²) < 4.78 is 18.1. The molecule has 1 heterocycles. The summed E-state index contributed by atoms with van der Waals surface area (Å²) in [6.45, 7) is -0.509. The Hall–Kier alpha value is -3.04. The summed E-state index contributed by atoms with van der Waals surface area (Å²) >= 11 is 6.34. The molecule has 10 heteroatoms. The number of anilines is 1. The molecule has 2 aromatic rings. The number of rotatable bonds is 5. The molecule has 1 aliphatic rings. The van der Waals surface area contributed by atoms with Crippen molar-refractivity contribution in [3.05, 3.63) is 57.7 Å². The fourth-order valence-corrected chi connectivity index (χ4v) is 3.52. The van der Waals surface area contributed by atoms with Gasteiger partial charge in [-0.3, -0.25) is 19.3 Å². The Labute approximate surface area is 174 Å². The second kappa shape index (κ2) is 8.54. The molecule has 0 radical (unpaired) electrons.